The summed E-state index contributed by atoms with van der Waals surface area (Å²) in [5.41, 5.74) is 7.01. The molecule has 1 aliphatic rings. The first-order valence-electron chi connectivity index (χ1n) is 8.51. The lowest BCUT2D eigenvalue weighted by Gasteiger charge is -2.13. The van der Waals surface area contributed by atoms with E-state index in [0.29, 0.717) is 0 Å². The smallest absolute Gasteiger partial charge is 0.0120 e. The Kier molecular flexibility index (Phi) is 7.29. The van der Waals surface area contributed by atoms with Gasteiger partial charge >= 0.3 is 0 Å². The minimum Gasteiger partial charge on any atom is -0.0990 e. The molecule has 0 heteroatoms. The predicted molar refractivity (Wildman–Crippen MR) is 105 cm³/mol. The highest BCUT2D eigenvalue weighted by Gasteiger charge is 2.20. The van der Waals surface area contributed by atoms with Crippen LogP contribution in [0, 0.1) is 5.41 Å². The number of hydrogen-bond acceptors (Lipinski definition) is 0. The van der Waals surface area contributed by atoms with Gasteiger partial charge in [0.15, 0.2) is 0 Å². The van der Waals surface area contributed by atoms with E-state index in [4.69, 9.17) is 0 Å². The highest BCUT2D eigenvalue weighted by molar-refractivity contribution is 5.61. The van der Waals surface area contributed by atoms with E-state index >= 15 is 0 Å². The van der Waals surface area contributed by atoms with Crippen molar-refractivity contribution in [3.63, 3.8) is 0 Å². The molecule has 0 heterocycles. The third-order valence-corrected chi connectivity index (χ3v) is 3.64. The maximum absolute atomic E-state index is 3.88. The minimum atomic E-state index is 0.202. The maximum atomic E-state index is 3.88. The summed E-state index contributed by atoms with van der Waals surface area (Å²) >= 11 is 0. The molecule has 0 radical (unpaired) electrons. The molecule has 0 atom stereocenters. The molecule has 0 aromatic carbocycles. The normalized spacial score (nSPS) is 18.5. The first-order chi connectivity index (χ1) is 10.8. The van der Waals surface area contributed by atoms with Crippen molar-refractivity contribution in [1.29, 1.82) is 0 Å². The van der Waals surface area contributed by atoms with Gasteiger partial charge in [0.2, 0.25) is 0 Å². The van der Waals surface area contributed by atoms with Crippen molar-refractivity contribution < 1.29 is 0 Å². The third-order valence-electron chi connectivity index (χ3n) is 3.64. The Labute approximate surface area is 143 Å². The van der Waals surface area contributed by atoms with Gasteiger partial charge in [0, 0.05) is 0 Å². The summed E-state index contributed by atoms with van der Waals surface area (Å²) in [6.45, 7) is 17.0. The van der Waals surface area contributed by atoms with Crippen LogP contribution >= 0.6 is 0 Å². The van der Waals surface area contributed by atoms with E-state index < -0.39 is 0 Å². The van der Waals surface area contributed by atoms with Crippen LogP contribution in [0.15, 0.2) is 83.1 Å². The monoisotopic (exact) mass is 308 g/mol. The summed E-state index contributed by atoms with van der Waals surface area (Å²) in [5.74, 6) is 0. The van der Waals surface area contributed by atoms with Crippen molar-refractivity contribution in [3.05, 3.63) is 83.1 Å². The first-order valence-corrected chi connectivity index (χ1v) is 8.51. The molecule has 0 bridgehead atoms. The molecule has 0 spiro atoms. The minimum absolute atomic E-state index is 0.202. The molecule has 0 aromatic heterocycles. The van der Waals surface area contributed by atoms with Crippen molar-refractivity contribution in [3.8, 4) is 0 Å². The summed E-state index contributed by atoms with van der Waals surface area (Å²) in [6.07, 6.45) is 19.6. The standard InChI is InChI=1S/C23H32/c1-8-10-19(11-9-2)22-20(13-12-18(3)4)14-15-21(22)16-17-23(5,6)7/h8-13,16-17H,1,14-15H2,2-7H3/b11-9-,17-16+,19-10+,20-13+. The highest BCUT2D eigenvalue weighted by Crippen LogP contribution is 2.38. The Balaban J connectivity index is 3.44. The molecule has 0 nitrogen and oxygen atoms in total. The van der Waals surface area contributed by atoms with Crippen LogP contribution in [-0.2, 0) is 0 Å². The van der Waals surface area contributed by atoms with Gasteiger partial charge in [-0.2, -0.15) is 0 Å². The lowest BCUT2D eigenvalue weighted by molar-refractivity contribution is 0.543. The van der Waals surface area contributed by atoms with Crippen molar-refractivity contribution >= 4 is 0 Å². The Hall–Kier alpha value is -1.82. The SMILES string of the molecule is C=C/C=C(\C=C/C)C1=C(/C=C/C(C)(C)C)CC/C1=C\C=C(C)C. The quantitative estimate of drug-likeness (QED) is 0.469. The van der Waals surface area contributed by atoms with E-state index in [1.54, 1.807) is 0 Å². The van der Waals surface area contributed by atoms with Crippen LogP contribution < -0.4 is 0 Å². The molecule has 0 unspecified atom stereocenters. The highest BCUT2D eigenvalue weighted by atomic mass is 14.2. The summed E-state index contributed by atoms with van der Waals surface area (Å²) in [6, 6.07) is 0. The van der Waals surface area contributed by atoms with Gasteiger partial charge in [-0.25, -0.2) is 0 Å². The molecule has 1 aliphatic carbocycles. The van der Waals surface area contributed by atoms with Crippen LogP contribution in [0.5, 0.6) is 0 Å². The van der Waals surface area contributed by atoms with Gasteiger partial charge in [-0.05, 0) is 61.3 Å². The molecule has 0 aromatic rings. The van der Waals surface area contributed by atoms with E-state index in [-0.39, 0.29) is 5.41 Å². The summed E-state index contributed by atoms with van der Waals surface area (Å²) in [7, 11) is 0. The average Bonchev–Trinajstić information content (AvgIpc) is 2.85. The lowest BCUT2D eigenvalue weighted by Crippen LogP contribution is -1.99. The van der Waals surface area contributed by atoms with Gasteiger partial charge in [-0.3, -0.25) is 0 Å². The lowest BCUT2D eigenvalue weighted by atomic mass is 9.93. The van der Waals surface area contributed by atoms with Gasteiger partial charge in [-0.15, -0.1) is 0 Å². The second-order valence-electron chi connectivity index (χ2n) is 7.39. The molecule has 0 saturated carbocycles. The fraction of sp³-hybridized carbons (Fsp3) is 0.391. The molecule has 0 fully saturated rings. The fourth-order valence-corrected chi connectivity index (χ4v) is 2.58. The molecular weight excluding hydrogens is 276 g/mol. The molecule has 0 aliphatic heterocycles. The van der Waals surface area contributed by atoms with Gasteiger partial charge in [0.05, 0.1) is 0 Å². The molecule has 124 valence electrons. The van der Waals surface area contributed by atoms with E-state index in [1.807, 2.05) is 6.08 Å². The van der Waals surface area contributed by atoms with E-state index in [1.165, 1.54) is 27.9 Å². The van der Waals surface area contributed by atoms with Crippen LogP contribution in [0.25, 0.3) is 0 Å². The Morgan fingerprint density at radius 1 is 1.09 bits per heavy atom. The zero-order valence-corrected chi connectivity index (χ0v) is 15.7. The van der Waals surface area contributed by atoms with E-state index in [9.17, 15) is 0 Å². The molecular formula is C23H32. The molecule has 0 amide bonds. The molecule has 1 rings (SSSR count). The number of hydrogen-bond donors (Lipinski definition) is 0. The number of rotatable bonds is 5. The first kappa shape index (κ1) is 19.2. The second kappa shape index (κ2) is 8.72. The zero-order chi connectivity index (χ0) is 17.5. The Morgan fingerprint density at radius 2 is 1.78 bits per heavy atom. The molecule has 23 heavy (non-hydrogen) atoms. The summed E-state index contributed by atoms with van der Waals surface area (Å²) < 4.78 is 0. The predicted octanol–water partition coefficient (Wildman–Crippen LogP) is 7.26. The number of allylic oxidation sites excluding steroid dienone is 13. The van der Waals surface area contributed by atoms with E-state index in [2.05, 4.69) is 90.7 Å². The Bertz CT molecular complexity index is 601. The van der Waals surface area contributed by atoms with Crippen LogP contribution in [0.3, 0.4) is 0 Å². The fourth-order valence-electron chi connectivity index (χ4n) is 2.58. The van der Waals surface area contributed by atoms with Crippen molar-refractivity contribution in [2.75, 3.05) is 0 Å². The molecule has 0 N–H and O–H groups in total. The van der Waals surface area contributed by atoms with Crippen molar-refractivity contribution in [1.82, 2.24) is 0 Å². The van der Waals surface area contributed by atoms with Crippen molar-refractivity contribution in [2.45, 2.75) is 54.4 Å². The Morgan fingerprint density at radius 3 is 2.30 bits per heavy atom. The summed E-state index contributed by atoms with van der Waals surface area (Å²) in [4.78, 5) is 0. The largest absolute Gasteiger partial charge is 0.0990 e. The van der Waals surface area contributed by atoms with E-state index in [0.717, 1.165) is 12.8 Å². The zero-order valence-electron chi connectivity index (χ0n) is 15.7. The van der Waals surface area contributed by atoms with Gasteiger partial charge in [0.1, 0.15) is 0 Å². The van der Waals surface area contributed by atoms with Crippen LogP contribution in [-0.4, -0.2) is 0 Å². The summed E-state index contributed by atoms with van der Waals surface area (Å²) in [5, 5.41) is 0. The average molecular weight is 309 g/mol. The van der Waals surface area contributed by atoms with Crippen LogP contribution in [0.2, 0.25) is 0 Å². The van der Waals surface area contributed by atoms with Gasteiger partial charge in [0.25, 0.3) is 0 Å². The topological polar surface area (TPSA) is 0 Å². The van der Waals surface area contributed by atoms with Crippen molar-refractivity contribution in [2.24, 2.45) is 5.41 Å². The third kappa shape index (κ3) is 6.44. The second-order valence-corrected chi connectivity index (χ2v) is 7.39. The van der Waals surface area contributed by atoms with Crippen LogP contribution in [0.4, 0.5) is 0 Å². The van der Waals surface area contributed by atoms with Gasteiger partial charge < -0.3 is 0 Å². The molecule has 0 saturated heterocycles. The maximum Gasteiger partial charge on any atom is -0.0120 e. The van der Waals surface area contributed by atoms with Crippen LogP contribution in [0.1, 0.15) is 54.4 Å². The van der Waals surface area contributed by atoms with Gasteiger partial charge in [-0.1, -0.05) is 81.5 Å².